The molecule has 2 heteroatoms. The van der Waals surface area contributed by atoms with Gasteiger partial charge in [0.05, 0.1) is 0 Å². The molecule has 1 aliphatic carbocycles. The number of rotatable bonds is 3. The molecule has 2 aromatic carbocycles. The molecule has 0 saturated heterocycles. The maximum atomic E-state index is 6.47. The van der Waals surface area contributed by atoms with Crippen molar-refractivity contribution >= 4 is 21.8 Å². The van der Waals surface area contributed by atoms with Crippen LogP contribution in [0.3, 0.4) is 0 Å². The topological polar surface area (TPSA) is 30.9 Å². The first kappa shape index (κ1) is 12.9. The quantitative estimate of drug-likeness (QED) is 0.745. The van der Waals surface area contributed by atoms with E-state index in [2.05, 4.69) is 54.0 Å². The van der Waals surface area contributed by atoms with Gasteiger partial charge in [0, 0.05) is 34.4 Å². The standard InChI is InChI=1S/C19H22N2/c1-2-21-17-9-4-3-8-15(17)16-12-14(10-11-18(16)21)19(20)13-6-5-7-13/h3-4,8-13,19H,2,5-7,20H2,1H3/t19-/m0/s1. The van der Waals surface area contributed by atoms with Crippen LogP contribution in [0.25, 0.3) is 21.8 Å². The van der Waals surface area contributed by atoms with Gasteiger partial charge in [-0.2, -0.15) is 0 Å². The summed E-state index contributed by atoms with van der Waals surface area (Å²) in [6.07, 6.45) is 3.92. The molecule has 1 saturated carbocycles. The van der Waals surface area contributed by atoms with Gasteiger partial charge in [0.2, 0.25) is 0 Å². The first-order valence-electron chi connectivity index (χ1n) is 8.06. The molecule has 0 radical (unpaired) electrons. The molecular weight excluding hydrogens is 256 g/mol. The highest BCUT2D eigenvalue weighted by Gasteiger charge is 2.25. The van der Waals surface area contributed by atoms with Crippen LogP contribution in [0.1, 0.15) is 37.8 Å². The zero-order chi connectivity index (χ0) is 14.4. The minimum Gasteiger partial charge on any atom is -0.341 e. The molecule has 1 aromatic heterocycles. The van der Waals surface area contributed by atoms with Gasteiger partial charge in [0.25, 0.3) is 0 Å². The number of benzene rings is 2. The Morgan fingerprint density at radius 2 is 1.86 bits per heavy atom. The largest absolute Gasteiger partial charge is 0.341 e. The SMILES string of the molecule is CCn1c2ccccc2c2cc([C@@H](N)C3CCC3)ccc21. The van der Waals surface area contributed by atoms with Crippen LogP contribution < -0.4 is 5.73 Å². The fourth-order valence-corrected chi connectivity index (χ4v) is 3.69. The number of nitrogens with zero attached hydrogens (tertiary/aromatic N) is 1. The lowest BCUT2D eigenvalue weighted by atomic mass is 9.77. The molecular formula is C19H22N2. The van der Waals surface area contributed by atoms with E-state index < -0.39 is 0 Å². The summed E-state index contributed by atoms with van der Waals surface area (Å²) < 4.78 is 2.39. The summed E-state index contributed by atoms with van der Waals surface area (Å²) in [7, 11) is 0. The summed E-state index contributed by atoms with van der Waals surface area (Å²) in [5, 5.41) is 2.69. The van der Waals surface area contributed by atoms with Gasteiger partial charge in [0.15, 0.2) is 0 Å². The fraction of sp³-hybridized carbons (Fsp3) is 0.368. The molecule has 0 bridgehead atoms. The molecule has 0 spiro atoms. The molecule has 1 aliphatic rings. The summed E-state index contributed by atoms with van der Waals surface area (Å²) in [6, 6.07) is 15.7. The maximum absolute atomic E-state index is 6.47. The van der Waals surface area contributed by atoms with Crippen molar-refractivity contribution < 1.29 is 0 Å². The van der Waals surface area contributed by atoms with Crippen molar-refractivity contribution in [1.29, 1.82) is 0 Å². The molecule has 4 rings (SSSR count). The van der Waals surface area contributed by atoms with Gasteiger partial charge < -0.3 is 10.3 Å². The van der Waals surface area contributed by atoms with E-state index in [1.54, 1.807) is 0 Å². The predicted octanol–water partition coefficient (Wildman–Crippen LogP) is 4.61. The molecule has 0 amide bonds. The molecule has 2 N–H and O–H groups in total. The van der Waals surface area contributed by atoms with Crippen molar-refractivity contribution in [2.45, 2.75) is 38.8 Å². The number of aryl methyl sites for hydroxylation is 1. The van der Waals surface area contributed by atoms with Crippen molar-refractivity contribution in [2.75, 3.05) is 0 Å². The molecule has 1 heterocycles. The number of fused-ring (bicyclic) bond motifs is 3. The Hall–Kier alpha value is -1.80. The van der Waals surface area contributed by atoms with Gasteiger partial charge in [-0.3, -0.25) is 0 Å². The van der Waals surface area contributed by atoms with Crippen LogP contribution >= 0.6 is 0 Å². The van der Waals surface area contributed by atoms with Crippen LogP contribution in [0.5, 0.6) is 0 Å². The van der Waals surface area contributed by atoms with Crippen molar-refractivity contribution in [2.24, 2.45) is 11.7 Å². The number of para-hydroxylation sites is 1. The first-order valence-corrected chi connectivity index (χ1v) is 8.06. The van der Waals surface area contributed by atoms with E-state index in [0.29, 0.717) is 5.92 Å². The highest BCUT2D eigenvalue weighted by Crippen LogP contribution is 2.38. The number of hydrogen-bond donors (Lipinski definition) is 1. The monoisotopic (exact) mass is 278 g/mol. The van der Waals surface area contributed by atoms with E-state index in [0.717, 1.165) is 6.54 Å². The van der Waals surface area contributed by atoms with Gasteiger partial charge in [-0.25, -0.2) is 0 Å². The number of aromatic nitrogens is 1. The lowest BCUT2D eigenvalue weighted by Gasteiger charge is -2.31. The maximum Gasteiger partial charge on any atom is 0.0491 e. The number of nitrogens with two attached hydrogens (primary N) is 1. The predicted molar refractivity (Wildman–Crippen MR) is 89.4 cm³/mol. The van der Waals surface area contributed by atoms with E-state index >= 15 is 0 Å². The summed E-state index contributed by atoms with van der Waals surface area (Å²) in [5.74, 6) is 0.682. The van der Waals surface area contributed by atoms with E-state index in [-0.39, 0.29) is 6.04 Å². The van der Waals surface area contributed by atoms with Crippen LogP contribution in [0.2, 0.25) is 0 Å². The molecule has 0 aliphatic heterocycles. The Kier molecular flexibility index (Phi) is 3.00. The summed E-state index contributed by atoms with van der Waals surface area (Å²) >= 11 is 0. The minimum atomic E-state index is 0.201. The molecule has 1 atom stereocenters. The Bertz CT molecular complexity index is 796. The van der Waals surface area contributed by atoms with Crippen molar-refractivity contribution in [3.63, 3.8) is 0 Å². The van der Waals surface area contributed by atoms with Gasteiger partial charge in [-0.15, -0.1) is 0 Å². The third-order valence-electron chi connectivity index (χ3n) is 5.16. The van der Waals surface area contributed by atoms with Gasteiger partial charge in [0.1, 0.15) is 0 Å². The second-order valence-corrected chi connectivity index (χ2v) is 6.25. The van der Waals surface area contributed by atoms with Gasteiger partial charge in [-0.05, 0) is 49.4 Å². The Labute approximate surface area is 125 Å². The van der Waals surface area contributed by atoms with Gasteiger partial charge >= 0.3 is 0 Å². The smallest absolute Gasteiger partial charge is 0.0491 e. The molecule has 108 valence electrons. The average molecular weight is 278 g/mol. The highest BCUT2D eigenvalue weighted by molar-refractivity contribution is 6.08. The van der Waals surface area contributed by atoms with Gasteiger partial charge in [-0.1, -0.05) is 30.7 Å². The Morgan fingerprint density at radius 1 is 1.10 bits per heavy atom. The summed E-state index contributed by atoms with van der Waals surface area (Å²) in [5.41, 5.74) is 10.4. The summed E-state index contributed by atoms with van der Waals surface area (Å²) in [6.45, 7) is 3.21. The summed E-state index contributed by atoms with van der Waals surface area (Å²) in [4.78, 5) is 0. The average Bonchev–Trinajstić information content (AvgIpc) is 2.78. The van der Waals surface area contributed by atoms with E-state index in [9.17, 15) is 0 Å². The van der Waals surface area contributed by atoms with Crippen LogP contribution in [0.15, 0.2) is 42.5 Å². The Balaban J connectivity index is 1.92. The zero-order valence-electron chi connectivity index (χ0n) is 12.5. The van der Waals surface area contributed by atoms with E-state index in [1.165, 1.54) is 46.6 Å². The molecule has 3 aromatic rings. The van der Waals surface area contributed by atoms with Crippen molar-refractivity contribution in [1.82, 2.24) is 4.57 Å². The second-order valence-electron chi connectivity index (χ2n) is 6.25. The van der Waals surface area contributed by atoms with E-state index in [4.69, 9.17) is 5.73 Å². The molecule has 1 fully saturated rings. The lowest BCUT2D eigenvalue weighted by Crippen LogP contribution is -2.26. The molecule has 21 heavy (non-hydrogen) atoms. The highest BCUT2D eigenvalue weighted by atomic mass is 15.0. The normalized spacial score (nSPS) is 17.2. The fourth-order valence-electron chi connectivity index (χ4n) is 3.69. The molecule has 0 unspecified atom stereocenters. The van der Waals surface area contributed by atoms with Crippen LogP contribution in [-0.4, -0.2) is 4.57 Å². The lowest BCUT2D eigenvalue weighted by molar-refractivity contribution is 0.264. The first-order chi connectivity index (χ1) is 10.3. The third-order valence-corrected chi connectivity index (χ3v) is 5.16. The number of hydrogen-bond acceptors (Lipinski definition) is 1. The minimum absolute atomic E-state index is 0.201. The third kappa shape index (κ3) is 1.90. The zero-order valence-corrected chi connectivity index (χ0v) is 12.5. The van der Waals surface area contributed by atoms with Crippen LogP contribution in [0.4, 0.5) is 0 Å². The van der Waals surface area contributed by atoms with E-state index in [1.807, 2.05) is 0 Å². The van der Waals surface area contributed by atoms with Crippen LogP contribution in [0, 0.1) is 5.92 Å². The Morgan fingerprint density at radius 3 is 2.57 bits per heavy atom. The van der Waals surface area contributed by atoms with Crippen molar-refractivity contribution in [3.05, 3.63) is 48.0 Å². The molecule has 2 nitrogen and oxygen atoms in total. The van der Waals surface area contributed by atoms with Crippen LogP contribution in [-0.2, 0) is 6.54 Å². The van der Waals surface area contributed by atoms with Crippen molar-refractivity contribution in [3.8, 4) is 0 Å². The second kappa shape index (κ2) is 4.88.